The van der Waals surface area contributed by atoms with Gasteiger partial charge in [-0.15, -0.1) is 11.3 Å². The van der Waals surface area contributed by atoms with Crippen LogP contribution in [0.3, 0.4) is 0 Å². The number of nitrogens with one attached hydrogen (secondary N) is 1. The highest BCUT2D eigenvalue weighted by molar-refractivity contribution is 7.13. The van der Waals surface area contributed by atoms with Crippen LogP contribution in [0.1, 0.15) is 36.6 Å². The SMILES string of the molecule is Nc1nc(CCC(=O)N2CCC[C@H](c3cc(=O)[nH]cn3)C2)cs1. The lowest BCUT2D eigenvalue weighted by molar-refractivity contribution is -0.132. The molecular weight excluding hydrogens is 314 g/mol. The number of carbonyl (C=O) groups is 1. The average molecular weight is 333 g/mol. The predicted molar refractivity (Wildman–Crippen MR) is 88.3 cm³/mol. The maximum Gasteiger partial charge on any atom is 0.250 e. The van der Waals surface area contributed by atoms with Gasteiger partial charge >= 0.3 is 0 Å². The number of piperidine rings is 1. The molecular formula is C15H19N5O2S. The Kier molecular flexibility index (Phi) is 4.71. The summed E-state index contributed by atoms with van der Waals surface area (Å²) < 4.78 is 0. The predicted octanol–water partition coefficient (Wildman–Crippen LogP) is 1.15. The van der Waals surface area contributed by atoms with E-state index >= 15 is 0 Å². The zero-order valence-electron chi connectivity index (χ0n) is 12.7. The highest BCUT2D eigenvalue weighted by Gasteiger charge is 2.25. The van der Waals surface area contributed by atoms with Crippen LogP contribution in [0, 0.1) is 0 Å². The number of anilines is 1. The molecule has 3 N–H and O–H groups in total. The number of thiazole rings is 1. The van der Waals surface area contributed by atoms with Gasteiger partial charge in [0.25, 0.3) is 5.56 Å². The number of H-pyrrole nitrogens is 1. The van der Waals surface area contributed by atoms with E-state index in [1.54, 1.807) is 0 Å². The first kappa shape index (κ1) is 15.7. The number of hydrogen-bond acceptors (Lipinski definition) is 6. The minimum atomic E-state index is -0.153. The van der Waals surface area contributed by atoms with Gasteiger partial charge in [-0.25, -0.2) is 9.97 Å². The molecule has 2 aromatic heterocycles. The molecule has 1 aliphatic rings. The van der Waals surface area contributed by atoms with E-state index in [1.807, 2.05) is 10.3 Å². The lowest BCUT2D eigenvalue weighted by Crippen LogP contribution is -2.39. The van der Waals surface area contributed by atoms with Crippen molar-refractivity contribution >= 4 is 22.4 Å². The van der Waals surface area contributed by atoms with Crippen molar-refractivity contribution in [3.05, 3.63) is 39.5 Å². The van der Waals surface area contributed by atoms with Crippen LogP contribution in [-0.4, -0.2) is 38.8 Å². The summed E-state index contributed by atoms with van der Waals surface area (Å²) in [4.78, 5) is 36.6. The number of aromatic amines is 1. The van der Waals surface area contributed by atoms with Gasteiger partial charge in [-0.05, 0) is 19.3 Å². The van der Waals surface area contributed by atoms with E-state index in [1.165, 1.54) is 23.7 Å². The van der Waals surface area contributed by atoms with E-state index in [4.69, 9.17) is 5.73 Å². The molecule has 0 aromatic carbocycles. The lowest BCUT2D eigenvalue weighted by atomic mass is 9.94. The monoisotopic (exact) mass is 333 g/mol. The molecule has 0 aliphatic carbocycles. The van der Waals surface area contributed by atoms with Gasteiger partial charge in [0.2, 0.25) is 5.91 Å². The third kappa shape index (κ3) is 3.95. The minimum absolute atomic E-state index is 0.117. The Labute approximate surface area is 137 Å². The number of likely N-dealkylation sites (tertiary alicyclic amines) is 1. The van der Waals surface area contributed by atoms with Crippen molar-refractivity contribution in [3.63, 3.8) is 0 Å². The molecule has 0 radical (unpaired) electrons. The molecule has 7 nitrogen and oxygen atoms in total. The first-order valence-electron chi connectivity index (χ1n) is 7.64. The van der Waals surface area contributed by atoms with Crippen LogP contribution in [0.4, 0.5) is 5.13 Å². The fraction of sp³-hybridized carbons (Fsp3) is 0.467. The zero-order valence-corrected chi connectivity index (χ0v) is 13.5. The van der Waals surface area contributed by atoms with Crippen molar-refractivity contribution in [1.82, 2.24) is 19.9 Å². The Balaban J connectivity index is 1.59. The molecule has 1 aliphatic heterocycles. The van der Waals surface area contributed by atoms with Gasteiger partial charge in [-0.1, -0.05) is 0 Å². The molecule has 1 fully saturated rings. The first-order chi connectivity index (χ1) is 11.1. The maximum absolute atomic E-state index is 12.4. The van der Waals surface area contributed by atoms with E-state index in [0.29, 0.717) is 24.5 Å². The molecule has 0 spiro atoms. The van der Waals surface area contributed by atoms with Crippen LogP contribution in [0.5, 0.6) is 0 Å². The molecule has 0 bridgehead atoms. The van der Waals surface area contributed by atoms with Gasteiger partial charge in [0, 0.05) is 36.9 Å². The fourth-order valence-corrected chi connectivity index (χ4v) is 3.48. The number of carbonyl (C=O) groups excluding carboxylic acids is 1. The topological polar surface area (TPSA) is 105 Å². The van der Waals surface area contributed by atoms with Crippen molar-refractivity contribution in [2.45, 2.75) is 31.6 Å². The summed E-state index contributed by atoms with van der Waals surface area (Å²) in [7, 11) is 0. The molecule has 122 valence electrons. The molecule has 1 atom stereocenters. The van der Waals surface area contributed by atoms with Gasteiger partial charge in [-0.2, -0.15) is 0 Å². The standard InChI is InChI=1S/C15H19N5O2S/c16-15-19-11(8-23-15)3-4-14(22)20-5-1-2-10(7-20)12-6-13(21)18-9-17-12/h6,8-10H,1-5,7H2,(H2,16,19)(H,17,18,21)/t10-/m0/s1. The number of aryl methyl sites for hydroxylation is 1. The Hall–Kier alpha value is -2.22. The summed E-state index contributed by atoms with van der Waals surface area (Å²) in [6.45, 7) is 1.38. The van der Waals surface area contributed by atoms with Crippen molar-refractivity contribution in [2.24, 2.45) is 0 Å². The zero-order chi connectivity index (χ0) is 16.2. The summed E-state index contributed by atoms with van der Waals surface area (Å²) in [6, 6.07) is 1.52. The van der Waals surface area contributed by atoms with E-state index in [-0.39, 0.29) is 17.4 Å². The van der Waals surface area contributed by atoms with Crippen molar-refractivity contribution in [1.29, 1.82) is 0 Å². The number of hydrogen-bond donors (Lipinski definition) is 2. The normalized spacial score (nSPS) is 18.1. The highest BCUT2D eigenvalue weighted by atomic mass is 32.1. The Morgan fingerprint density at radius 1 is 1.52 bits per heavy atom. The van der Waals surface area contributed by atoms with Gasteiger partial charge in [0.05, 0.1) is 17.7 Å². The molecule has 8 heteroatoms. The summed E-state index contributed by atoms with van der Waals surface area (Å²) in [5, 5.41) is 2.42. The maximum atomic E-state index is 12.4. The lowest BCUT2D eigenvalue weighted by Gasteiger charge is -2.32. The van der Waals surface area contributed by atoms with Crippen LogP contribution in [-0.2, 0) is 11.2 Å². The Bertz CT molecular complexity index is 741. The first-order valence-corrected chi connectivity index (χ1v) is 8.52. The van der Waals surface area contributed by atoms with E-state index in [2.05, 4.69) is 15.0 Å². The van der Waals surface area contributed by atoms with Crippen LogP contribution in [0.15, 0.2) is 22.6 Å². The number of nitrogens with zero attached hydrogens (tertiary/aromatic N) is 3. The molecule has 3 rings (SSSR count). The van der Waals surface area contributed by atoms with Gasteiger partial charge < -0.3 is 15.6 Å². The molecule has 1 saturated heterocycles. The number of aromatic nitrogens is 3. The summed E-state index contributed by atoms with van der Waals surface area (Å²) in [5.41, 5.74) is 7.08. The quantitative estimate of drug-likeness (QED) is 0.873. The van der Waals surface area contributed by atoms with E-state index < -0.39 is 0 Å². The Morgan fingerprint density at radius 2 is 2.39 bits per heavy atom. The van der Waals surface area contributed by atoms with Crippen LogP contribution in [0.2, 0.25) is 0 Å². The molecule has 23 heavy (non-hydrogen) atoms. The number of nitrogens with two attached hydrogens (primary N) is 1. The number of amides is 1. The second-order valence-electron chi connectivity index (χ2n) is 5.69. The second kappa shape index (κ2) is 6.91. The molecule has 0 saturated carbocycles. The Morgan fingerprint density at radius 3 is 3.13 bits per heavy atom. The van der Waals surface area contributed by atoms with Crippen LogP contribution < -0.4 is 11.3 Å². The fourth-order valence-electron chi connectivity index (χ4n) is 2.88. The second-order valence-corrected chi connectivity index (χ2v) is 6.58. The van der Waals surface area contributed by atoms with Crippen LogP contribution in [0.25, 0.3) is 0 Å². The largest absolute Gasteiger partial charge is 0.375 e. The third-order valence-corrected chi connectivity index (χ3v) is 4.78. The van der Waals surface area contributed by atoms with Crippen molar-refractivity contribution in [2.75, 3.05) is 18.8 Å². The van der Waals surface area contributed by atoms with E-state index in [0.717, 1.165) is 30.8 Å². The molecule has 2 aromatic rings. The van der Waals surface area contributed by atoms with E-state index in [9.17, 15) is 9.59 Å². The number of nitrogen functional groups attached to an aromatic ring is 1. The molecule has 0 unspecified atom stereocenters. The summed E-state index contributed by atoms with van der Waals surface area (Å²) >= 11 is 1.39. The van der Waals surface area contributed by atoms with Crippen LogP contribution >= 0.6 is 11.3 Å². The smallest absolute Gasteiger partial charge is 0.250 e. The van der Waals surface area contributed by atoms with Crippen molar-refractivity contribution < 1.29 is 4.79 Å². The minimum Gasteiger partial charge on any atom is -0.375 e. The van der Waals surface area contributed by atoms with Crippen molar-refractivity contribution in [3.8, 4) is 0 Å². The third-order valence-electron chi connectivity index (χ3n) is 4.06. The van der Waals surface area contributed by atoms with Gasteiger partial charge in [0.15, 0.2) is 5.13 Å². The summed E-state index contributed by atoms with van der Waals surface area (Å²) in [5.74, 6) is 0.246. The number of rotatable bonds is 4. The van der Waals surface area contributed by atoms with Gasteiger partial charge in [0.1, 0.15) is 0 Å². The average Bonchev–Trinajstić information content (AvgIpc) is 2.98. The highest BCUT2D eigenvalue weighted by Crippen LogP contribution is 2.25. The molecule has 1 amide bonds. The van der Waals surface area contributed by atoms with Gasteiger partial charge in [-0.3, -0.25) is 9.59 Å². The summed E-state index contributed by atoms with van der Waals surface area (Å²) in [6.07, 6.45) is 4.33. The molecule has 3 heterocycles.